The summed E-state index contributed by atoms with van der Waals surface area (Å²) < 4.78 is 5.27. The lowest BCUT2D eigenvalue weighted by molar-refractivity contribution is 0.102. The summed E-state index contributed by atoms with van der Waals surface area (Å²) in [4.78, 5) is 13.7. The molecular formula is C29H25ClO6. The van der Waals surface area contributed by atoms with Crippen molar-refractivity contribution in [2.75, 3.05) is 7.11 Å². The van der Waals surface area contributed by atoms with Gasteiger partial charge in [-0.25, -0.2) is 0 Å². The number of fused-ring (bicyclic) bond motifs is 3. The molecular weight excluding hydrogens is 480 g/mol. The highest BCUT2D eigenvalue weighted by Gasteiger charge is 2.41. The fourth-order valence-electron chi connectivity index (χ4n) is 5.42. The molecule has 4 aromatic carbocycles. The molecule has 0 radical (unpaired) electrons. The van der Waals surface area contributed by atoms with E-state index in [-0.39, 0.29) is 34.1 Å². The van der Waals surface area contributed by atoms with Crippen molar-refractivity contribution >= 4 is 28.2 Å². The monoisotopic (exact) mass is 504 g/mol. The molecule has 1 aliphatic rings. The third kappa shape index (κ3) is 3.14. The maximum Gasteiger partial charge on any atom is 0.201 e. The highest BCUT2D eigenvalue weighted by Crippen LogP contribution is 2.53. The van der Waals surface area contributed by atoms with Crippen LogP contribution in [0.1, 0.15) is 52.0 Å². The zero-order chi connectivity index (χ0) is 26.3. The number of phenolic OH excluding ortho intramolecular Hbond substituents is 4. The van der Waals surface area contributed by atoms with E-state index in [9.17, 15) is 25.2 Å². The standard InChI is InChI=1S/C29H25ClO6/c1-12-6-15(36-5)10-21(33)22(12)16-7-13(2)26(30)17-11-19-25(27(34)23(16)17)28(35)24-18(29(19,3)4)8-14(31)9-20(24)32/h6-11,31-34H,1-5H3. The second kappa shape index (κ2) is 7.80. The van der Waals surface area contributed by atoms with Gasteiger partial charge in [-0.15, -0.1) is 0 Å². The summed E-state index contributed by atoms with van der Waals surface area (Å²) in [7, 11) is 1.51. The molecule has 36 heavy (non-hydrogen) atoms. The molecule has 5 rings (SSSR count). The molecule has 0 aromatic heterocycles. The third-order valence-corrected chi connectivity index (χ3v) is 7.71. The van der Waals surface area contributed by atoms with Gasteiger partial charge in [-0.2, -0.15) is 0 Å². The van der Waals surface area contributed by atoms with Gasteiger partial charge in [-0.05, 0) is 65.9 Å². The van der Waals surface area contributed by atoms with Crippen LogP contribution in [0.25, 0.3) is 21.9 Å². The SMILES string of the molecule is COc1cc(C)c(-c2cc(C)c(Cl)c3cc4c(c(O)c23)C(=O)c2c(O)cc(O)cc2C4(C)C)c(O)c1. The van der Waals surface area contributed by atoms with Crippen molar-refractivity contribution < 1.29 is 30.0 Å². The molecule has 6 nitrogen and oxygen atoms in total. The molecule has 0 saturated carbocycles. The average Bonchev–Trinajstić information content (AvgIpc) is 2.79. The van der Waals surface area contributed by atoms with Gasteiger partial charge in [0.25, 0.3) is 0 Å². The van der Waals surface area contributed by atoms with Crippen molar-refractivity contribution in [3.63, 3.8) is 0 Å². The van der Waals surface area contributed by atoms with E-state index in [1.807, 2.05) is 27.7 Å². The Bertz CT molecular complexity index is 1610. The number of hydrogen-bond acceptors (Lipinski definition) is 6. The molecule has 4 N–H and O–H groups in total. The molecule has 0 amide bonds. The number of halogens is 1. The van der Waals surface area contributed by atoms with Gasteiger partial charge in [-0.3, -0.25) is 4.79 Å². The summed E-state index contributed by atoms with van der Waals surface area (Å²) in [5.41, 5.74) is 2.61. The van der Waals surface area contributed by atoms with E-state index in [0.29, 0.717) is 49.4 Å². The largest absolute Gasteiger partial charge is 0.508 e. The lowest BCUT2D eigenvalue weighted by Crippen LogP contribution is -2.30. The van der Waals surface area contributed by atoms with E-state index < -0.39 is 11.2 Å². The lowest BCUT2D eigenvalue weighted by Gasteiger charge is -2.35. The Morgan fingerprint density at radius 2 is 1.44 bits per heavy atom. The Morgan fingerprint density at radius 1 is 0.806 bits per heavy atom. The van der Waals surface area contributed by atoms with Crippen LogP contribution in [0.3, 0.4) is 0 Å². The minimum atomic E-state index is -0.855. The second-order valence-electron chi connectivity index (χ2n) is 9.81. The number of benzene rings is 4. The minimum absolute atomic E-state index is 0.0307. The number of carbonyl (C=O) groups is 1. The highest BCUT2D eigenvalue weighted by molar-refractivity contribution is 6.37. The van der Waals surface area contributed by atoms with Crippen LogP contribution in [0, 0.1) is 13.8 Å². The Labute approximate surface area is 213 Å². The molecule has 0 fully saturated rings. The number of hydrogen-bond donors (Lipinski definition) is 4. The van der Waals surface area contributed by atoms with Gasteiger partial charge in [-0.1, -0.05) is 25.4 Å². The van der Waals surface area contributed by atoms with Gasteiger partial charge < -0.3 is 25.2 Å². The minimum Gasteiger partial charge on any atom is -0.508 e. The Kier molecular flexibility index (Phi) is 5.16. The number of methoxy groups -OCH3 is 1. The predicted molar refractivity (Wildman–Crippen MR) is 139 cm³/mol. The quantitative estimate of drug-likeness (QED) is 0.249. The number of phenols is 4. The van der Waals surface area contributed by atoms with Crippen molar-refractivity contribution in [2.24, 2.45) is 0 Å². The molecule has 0 atom stereocenters. The molecule has 4 aromatic rings. The fraction of sp³-hybridized carbons (Fsp3) is 0.207. The van der Waals surface area contributed by atoms with E-state index in [1.165, 1.54) is 19.2 Å². The van der Waals surface area contributed by atoms with Crippen molar-refractivity contribution in [3.05, 3.63) is 74.8 Å². The van der Waals surface area contributed by atoms with E-state index in [2.05, 4.69) is 0 Å². The summed E-state index contributed by atoms with van der Waals surface area (Å²) in [6, 6.07) is 9.38. The first kappa shape index (κ1) is 23.8. The highest BCUT2D eigenvalue weighted by atomic mass is 35.5. The summed E-state index contributed by atoms with van der Waals surface area (Å²) in [6.45, 7) is 7.35. The van der Waals surface area contributed by atoms with E-state index >= 15 is 0 Å². The van der Waals surface area contributed by atoms with Crippen LogP contribution in [0.5, 0.6) is 28.7 Å². The maximum absolute atomic E-state index is 13.7. The number of ketones is 1. The lowest BCUT2D eigenvalue weighted by atomic mass is 9.67. The molecule has 1 aliphatic carbocycles. The zero-order valence-electron chi connectivity index (χ0n) is 20.4. The van der Waals surface area contributed by atoms with Gasteiger partial charge in [0.15, 0.2) is 0 Å². The fourth-order valence-corrected chi connectivity index (χ4v) is 5.62. The van der Waals surface area contributed by atoms with E-state index in [4.69, 9.17) is 16.3 Å². The Hall–Kier alpha value is -3.90. The first-order chi connectivity index (χ1) is 16.9. The summed E-state index contributed by atoms with van der Waals surface area (Å²) >= 11 is 6.75. The average molecular weight is 505 g/mol. The molecule has 0 bridgehead atoms. The molecule has 0 unspecified atom stereocenters. The van der Waals surface area contributed by atoms with Gasteiger partial charge in [0.2, 0.25) is 5.78 Å². The molecule has 184 valence electrons. The van der Waals surface area contributed by atoms with Crippen LogP contribution < -0.4 is 4.74 Å². The van der Waals surface area contributed by atoms with Crippen LogP contribution in [-0.2, 0) is 5.41 Å². The number of carbonyl (C=O) groups excluding carboxylic acids is 1. The maximum atomic E-state index is 13.7. The normalized spacial score (nSPS) is 14.0. The molecule has 0 saturated heterocycles. The Morgan fingerprint density at radius 3 is 2.08 bits per heavy atom. The van der Waals surface area contributed by atoms with Gasteiger partial charge in [0.05, 0.1) is 23.3 Å². The van der Waals surface area contributed by atoms with Crippen molar-refractivity contribution in [1.82, 2.24) is 0 Å². The van der Waals surface area contributed by atoms with Crippen LogP contribution in [-0.4, -0.2) is 33.3 Å². The van der Waals surface area contributed by atoms with E-state index in [1.54, 1.807) is 18.2 Å². The first-order valence-electron chi connectivity index (χ1n) is 11.4. The summed E-state index contributed by atoms with van der Waals surface area (Å²) in [5.74, 6) is -0.935. The van der Waals surface area contributed by atoms with Crippen LogP contribution in [0.2, 0.25) is 5.02 Å². The van der Waals surface area contributed by atoms with Crippen LogP contribution in [0.15, 0.2) is 36.4 Å². The van der Waals surface area contributed by atoms with E-state index in [0.717, 1.165) is 11.6 Å². The Balaban J connectivity index is 1.94. The molecule has 0 spiro atoms. The number of aryl methyl sites for hydroxylation is 2. The number of rotatable bonds is 2. The van der Waals surface area contributed by atoms with Gasteiger partial charge in [0.1, 0.15) is 28.7 Å². The summed E-state index contributed by atoms with van der Waals surface area (Å²) in [6.07, 6.45) is 0. The zero-order valence-corrected chi connectivity index (χ0v) is 21.2. The predicted octanol–water partition coefficient (Wildman–Crippen LogP) is 6.48. The van der Waals surface area contributed by atoms with Crippen molar-refractivity contribution in [3.8, 4) is 39.9 Å². The molecule has 7 heteroatoms. The second-order valence-corrected chi connectivity index (χ2v) is 10.2. The smallest absolute Gasteiger partial charge is 0.201 e. The topological polar surface area (TPSA) is 107 Å². The van der Waals surface area contributed by atoms with Crippen LogP contribution >= 0.6 is 11.6 Å². The number of ether oxygens (including phenoxy) is 1. The van der Waals surface area contributed by atoms with Crippen molar-refractivity contribution in [2.45, 2.75) is 33.1 Å². The molecule has 0 aliphatic heterocycles. The first-order valence-corrected chi connectivity index (χ1v) is 11.7. The third-order valence-electron chi connectivity index (χ3n) is 7.21. The van der Waals surface area contributed by atoms with Gasteiger partial charge >= 0.3 is 0 Å². The summed E-state index contributed by atoms with van der Waals surface area (Å²) in [5, 5.41) is 44.5. The molecule has 0 heterocycles. The number of aromatic hydroxyl groups is 4. The van der Waals surface area contributed by atoms with Crippen molar-refractivity contribution in [1.29, 1.82) is 0 Å². The van der Waals surface area contributed by atoms with Crippen LogP contribution in [0.4, 0.5) is 0 Å². The van der Waals surface area contributed by atoms with Gasteiger partial charge in [0, 0.05) is 33.9 Å².